The molecule has 3 aromatic carbocycles. The molecule has 0 aliphatic rings. The summed E-state index contributed by atoms with van der Waals surface area (Å²) in [6.07, 6.45) is 7.08. The van der Waals surface area contributed by atoms with E-state index < -0.39 is 10.7 Å². The summed E-state index contributed by atoms with van der Waals surface area (Å²) in [5.74, 6) is 1.56. The Morgan fingerprint density at radius 1 is 0.919 bits per heavy atom. The van der Waals surface area contributed by atoms with Crippen LogP contribution in [0.3, 0.4) is 0 Å². The number of rotatable bonds is 11. The quantitative estimate of drug-likeness (QED) is 0.0938. The topological polar surface area (TPSA) is 97.1 Å². The number of methoxy groups -OCH3 is 4. The van der Waals surface area contributed by atoms with Gasteiger partial charge in [0.2, 0.25) is 5.75 Å². The summed E-state index contributed by atoms with van der Waals surface area (Å²) in [4.78, 5) is 23.3. The number of carbonyl (C=O) groups is 1. The van der Waals surface area contributed by atoms with Crippen LogP contribution in [0.25, 0.3) is 12.2 Å². The van der Waals surface area contributed by atoms with Gasteiger partial charge in [0.05, 0.1) is 43.9 Å². The molecule has 0 amide bonds. The molecule has 0 unspecified atom stereocenters. The molecule has 0 saturated heterocycles. The molecule has 3 rings (SSSR count). The lowest BCUT2D eigenvalue weighted by Crippen LogP contribution is -2.01. The summed E-state index contributed by atoms with van der Waals surface area (Å²) in [7, 11) is 6.15. The SMILES string of the molecule is COc1cc(C/C=C\C(=O)c2ccccc2[N+](=O)[O-])c(/C=C\c2cc(OC)c(OC)c(OC)c2)cc1Cl. The second-order valence-electron chi connectivity index (χ2n) is 7.72. The third kappa shape index (κ3) is 6.48. The molecular weight excluding hydrogens is 498 g/mol. The maximum atomic E-state index is 12.6. The number of hydrogen-bond donors (Lipinski definition) is 0. The van der Waals surface area contributed by atoms with Gasteiger partial charge in [0, 0.05) is 6.07 Å². The lowest BCUT2D eigenvalue weighted by molar-refractivity contribution is -0.385. The zero-order chi connectivity index (χ0) is 26.9. The van der Waals surface area contributed by atoms with Crippen LogP contribution in [-0.2, 0) is 6.42 Å². The first kappa shape index (κ1) is 27.3. The van der Waals surface area contributed by atoms with Crippen LogP contribution in [-0.4, -0.2) is 39.1 Å². The number of halogens is 1. The first-order valence-electron chi connectivity index (χ1n) is 11.1. The van der Waals surface area contributed by atoms with Gasteiger partial charge >= 0.3 is 0 Å². The third-order valence-electron chi connectivity index (χ3n) is 5.53. The fraction of sp³-hybridized carbons (Fsp3) is 0.179. The van der Waals surface area contributed by atoms with Gasteiger partial charge in [-0.15, -0.1) is 0 Å². The van der Waals surface area contributed by atoms with Crippen molar-refractivity contribution in [2.45, 2.75) is 6.42 Å². The minimum atomic E-state index is -0.572. The summed E-state index contributed by atoms with van der Waals surface area (Å²) in [5.41, 5.74) is 2.22. The Morgan fingerprint density at radius 2 is 1.57 bits per heavy atom. The molecule has 0 aliphatic heterocycles. The molecule has 0 fully saturated rings. The number of ketones is 1. The van der Waals surface area contributed by atoms with Crippen molar-refractivity contribution >= 4 is 35.2 Å². The van der Waals surface area contributed by atoms with Crippen molar-refractivity contribution in [2.75, 3.05) is 28.4 Å². The number of allylic oxidation sites excluding steroid dienone is 2. The largest absolute Gasteiger partial charge is 0.495 e. The molecule has 192 valence electrons. The zero-order valence-electron chi connectivity index (χ0n) is 20.8. The summed E-state index contributed by atoms with van der Waals surface area (Å²) in [6.45, 7) is 0. The van der Waals surface area contributed by atoms with E-state index in [1.54, 1.807) is 38.5 Å². The Hall–Kier alpha value is -4.30. The molecule has 0 radical (unpaired) electrons. The Labute approximate surface area is 219 Å². The molecule has 3 aromatic rings. The van der Waals surface area contributed by atoms with Crippen molar-refractivity contribution in [3.63, 3.8) is 0 Å². The van der Waals surface area contributed by atoms with Gasteiger partial charge in [-0.1, -0.05) is 42.0 Å². The maximum absolute atomic E-state index is 12.6. The normalized spacial score (nSPS) is 11.1. The monoisotopic (exact) mass is 523 g/mol. The molecule has 0 saturated carbocycles. The first-order chi connectivity index (χ1) is 17.8. The smallest absolute Gasteiger partial charge is 0.280 e. The molecule has 37 heavy (non-hydrogen) atoms. The fourth-order valence-electron chi connectivity index (χ4n) is 3.71. The standard InChI is InChI=1S/C28H26ClNO7/c1-34-25-17-19(8-7-11-24(31)21-9-5-6-10-23(21)30(32)33)20(16-22(25)29)13-12-18-14-26(35-2)28(37-4)27(15-18)36-3/h5-7,9-17H,8H2,1-4H3/b11-7-,13-12-. The molecule has 9 heteroatoms. The summed E-state index contributed by atoms with van der Waals surface area (Å²) >= 11 is 6.38. The molecule has 0 aromatic heterocycles. The molecule has 0 aliphatic carbocycles. The summed E-state index contributed by atoms with van der Waals surface area (Å²) < 4.78 is 21.6. The second kappa shape index (κ2) is 12.6. The highest BCUT2D eigenvalue weighted by Gasteiger charge is 2.17. The molecule has 0 atom stereocenters. The highest BCUT2D eigenvalue weighted by Crippen LogP contribution is 2.39. The molecule has 8 nitrogen and oxygen atoms in total. The minimum absolute atomic E-state index is 0.0277. The Balaban J connectivity index is 1.92. The summed E-state index contributed by atoms with van der Waals surface area (Å²) in [5, 5.41) is 11.7. The number of carbonyl (C=O) groups excluding carboxylic acids is 1. The van der Waals surface area contributed by atoms with E-state index in [0.717, 1.165) is 16.7 Å². The van der Waals surface area contributed by atoms with Crippen LogP contribution in [0, 0.1) is 10.1 Å². The van der Waals surface area contributed by atoms with E-state index in [1.807, 2.05) is 24.3 Å². The lowest BCUT2D eigenvalue weighted by Gasteiger charge is -2.13. The average molecular weight is 524 g/mol. The Morgan fingerprint density at radius 3 is 2.16 bits per heavy atom. The van der Waals surface area contributed by atoms with Gasteiger partial charge in [0.25, 0.3) is 5.69 Å². The maximum Gasteiger partial charge on any atom is 0.280 e. The van der Waals surface area contributed by atoms with Crippen molar-refractivity contribution < 1.29 is 28.7 Å². The van der Waals surface area contributed by atoms with Crippen molar-refractivity contribution in [3.8, 4) is 23.0 Å². The van der Waals surface area contributed by atoms with Gasteiger partial charge in [0.1, 0.15) is 5.75 Å². The van der Waals surface area contributed by atoms with E-state index in [4.69, 9.17) is 30.5 Å². The van der Waals surface area contributed by atoms with Crippen LogP contribution in [0.15, 0.2) is 60.7 Å². The predicted octanol–water partition coefficient (Wildman–Crippen LogP) is 6.43. The van der Waals surface area contributed by atoms with Crippen molar-refractivity contribution in [1.82, 2.24) is 0 Å². The number of benzene rings is 3. The minimum Gasteiger partial charge on any atom is -0.495 e. The number of hydrogen-bond acceptors (Lipinski definition) is 7. The van der Waals surface area contributed by atoms with E-state index in [9.17, 15) is 14.9 Å². The van der Waals surface area contributed by atoms with Crippen LogP contribution in [0.5, 0.6) is 23.0 Å². The van der Waals surface area contributed by atoms with Crippen molar-refractivity contribution in [1.29, 1.82) is 0 Å². The van der Waals surface area contributed by atoms with Gasteiger partial charge in [0.15, 0.2) is 17.3 Å². The van der Waals surface area contributed by atoms with Gasteiger partial charge < -0.3 is 18.9 Å². The number of nitro groups is 1. The number of nitrogens with zero attached hydrogens (tertiary/aromatic N) is 1. The second-order valence-corrected chi connectivity index (χ2v) is 8.13. The molecule has 0 N–H and O–H groups in total. The number of nitro benzene ring substituents is 1. The van der Waals surface area contributed by atoms with Crippen molar-refractivity contribution in [3.05, 3.63) is 98.1 Å². The average Bonchev–Trinajstić information content (AvgIpc) is 2.91. The van der Waals surface area contributed by atoms with Crippen molar-refractivity contribution in [2.24, 2.45) is 0 Å². The van der Waals surface area contributed by atoms with E-state index in [-0.39, 0.29) is 11.3 Å². The van der Waals surface area contributed by atoms with Gasteiger partial charge in [-0.3, -0.25) is 14.9 Å². The predicted molar refractivity (Wildman–Crippen MR) is 143 cm³/mol. The van der Waals surface area contributed by atoms with Crippen LogP contribution in [0.1, 0.15) is 27.0 Å². The third-order valence-corrected chi connectivity index (χ3v) is 5.82. The first-order valence-corrected chi connectivity index (χ1v) is 11.5. The van der Waals surface area contributed by atoms with Crippen LogP contribution in [0.2, 0.25) is 5.02 Å². The van der Waals surface area contributed by atoms with Gasteiger partial charge in [-0.2, -0.15) is 0 Å². The Bertz CT molecular complexity index is 1340. The Kier molecular flexibility index (Phi) is 9.29. The summed E-state index contributed by atoms with van der Waals surface area (Å²) in [6, 6.07) is 13.0. The highest BCUT2D eigenvalue weighted by atomic mass is 35.5. The van der Waals surface area contributed by atoms with E-state index in [0.29, 0.717) is 34.4 Å². The molecule has 0 heterocycles. The van der Waals surface area contributed by atoms with Gasteiger partial charge in [-0.25, -0.2) is 0 Å². The molecular formula is C28H26ClNO7. The van der Waals surface area contributed by atoms with E-state index in [1.165, 1.54) is 38.5 Å². The van der Waals surface area contributed by atoms with E-state index in [2.05, 4.69) is 0 Å². The molecule has 0 spiro atoms. The fourth-order valence-corrected chi connectivity index (χ4v) is 3.96. The lowest BCUT2D eigenvalue weighted by atomic mass is 10.0. The van der Waals surface area contributed by atoms with Crippen LogP contribution >= 0.6 is 11.6 Å². The van der Waals surface area contributed by atoms with E-state index >= 15 is 0 Å². The van der Waals surface area contributed by atoms with Crippen LogP contribution in [0.4, 0.5) is 5.69 Å². The zero-order valence-corrected chi connectivity index (χ0v) is 21.6. The number of ether oxygens (including phenoxy) is 4. The molecule has 0 bridgehead atoms. The van der Waals surface area contributed by atoms with Crippen LogP contribution < -0.4 is 18.9 Å². The van der Waals surface area contributed by atoms with Gasteiger partial charge in [-0.05, 0) is 59.5 Å². The number of para-hydroxylation sites is 1. The highest BCUT2D eigenvalue weighted by molar-refractivity contribution is 6.32.